The normalized spacial score (nSPS) is 19.2. The van der Waals surface area contributed by atoms with Crippen molar-refractivity contribution in [1.82, 2.24) is 4.90 Å². The van der Waals surface area contributed by atoms with Crippen LogP contribution in [0.1, 0.15) is 25.7 Å². The highest BCUT2D eigenvalue weighted by Crippen LogP contribution is 2.36. The maximum Gasteiger partial charge on any atom is 0.323 e. The number of hydrogen-bond acceptors (Lipinski definition) is 2. The van der Waals surface area contributed by atoms with E-state index in [1.54, 1.807) is 0 Å². The Morgan fingerprint density at radius 3 is 2.39 bits per heavy atom. The minimum atomic E-state index is -2.69. The summed E-state index contributed by atoms with van der Waals surface area (Å²) in [5, 5.41) is 8.69. The van der Waals surface area contributed by atoms with Gasteiger partial charge in [0.15, 0.2) is 0 Å². The summed E-state index contributed by atoms with van der Waals surface area (Å²) in [5.74, 6) is -4.67. The monoisotopic (exact) mass is 261 g/mol. The van der Waals surface area contributed by atoms with E-state index in [0.29, 0.717) is 0 Å². The van der Waals surface area contributed by atoms with Crippen molar-refractivity contribution < 1.29 is 23.5 Å². The third-order valence-electron chi connectivity index (χ3n) is 3.05. The highest BCUT2D eigenvalue weighted by atomic mass is 19.3. The second kappa shape index (κ2) is 5.93. The van der Waals surface area contributed by atoms with E-state index in [1.807, 2.05) is 0 Å². The third kappa shape index (κ3) is 4.09. The molecule has 0 radical (unpaired) electrons. The van der Waals surface area contributed by atoms with E-state index >= 15 is 0 Å². The van der Waals surface area contributed by atoms with E-state index in [9.17, 15) is 18.4 Å². The molecule has 1 fully saturated rings. The highest BCUT2D eigenvalue weighted by molar-refractivity contribution is 5.83. The van der Waals surface area contributed by atoms with Crippen LogP contribution in [-0.4, -0.2) is 40.9 Å². The second-order valence-electron chi connectivity index (χ2n) is 4.53. The van der Waals surface area contributed by atoms with Crippen molar-refractivity contribution >= 4 is 11.9 Å². The maximum atomic E-state index is 13.0. The van der Waals surface area contributed by atoms with Crippen LogP contribution in [0.15, 0.2) is 12.7 Å². The Kier molecular flexibility index (Phi) is 4.81. The molecule has 0 spiro atoms. The van der Waals surface area contributed by atoms with Gasteiger partial charge in [-0.05, 0) is 12.8 Å². The van der Waals surface area contributed by atoms with E-state index in [2.05, 4.69) is 6.58 Å². The van der Waals surface area contributed by atoms with Gasteiger partial charge in [-0.1, -0.05) is 6.08 Å². The van der Waals surface area contributed by atoms with Crippen molar-refractivity contribution in [3.8, 4) is 0 Å². The summed E-state index contributed by atoms with van der Waals surface area (Å²) >= 11 is 0. The number of aliphatic carboxylic acids is 1. The number of carboxylic acids is 1. The number of alkyl halides is 2. The number of carbonyl (C=O) groups is 2. The summed E-state index contributed by atoms with van der Waals surface area (Å²) in [7, 11) is 0. The first kappa shape index (κ1) is 14.6. The van der Waals surface area contributed by atoms with Crippen LogP contribution < -0.4 is 0 Å². The van der Waals surface area contributed by atoms with Crippen molar-refractivity contribution in [2.24, 2.45) is 5.92 Å². The average Bonchev–Trinajstić information content (AvgIpc) is 2.27. The van der Waals surface area contributed by atoms with Gasteiger partial charge in [0.05, 0.1) is 0 Å². The van der Waals surface area contributed by atoms with E-state index in [1.165, 1.54) is 6.08 Å². The molecular weight excluding hydrogens is 244 g/mol. The molecule has 1 saturated carbocycles. The zero-order valence-electron chi connectivity index (χ0n) is 10.1. The van der Waals surface area contributed by atoms with Gasteiger partial charge in [-0.25, -0.2) is 8.78 Å². The van der Waals surface area contributed by atoms with Crippen LogP contribution in [0.25, 0.3) is 0 Å². The Hall–Kier alpha value is -1.46. The lowest BCUT2D eigenvalue weighted by Gasteiger charge is -2.30. The quantitative estimate of drug-likeness (QED) is 0.769. The number of halogens is 2. The fourth-order valence-electron chi connectivity index (χ4n) is 2.10. The molecule has 0 aromatic carbocycles. The van der Waals surface area contributed by atoms with Crippen molar-refractivity contribution in [1.29, 1.82) is 0 Å². The zero-order valence-corrected chi connectivity index (χ0v) is 10.1. The van der Waals surface area contributed by atoms with Crippen LogP contribution in [0.2, 0.25) is 0 Å². The zero-order chi connectivity index (χ0) is 13.8. The maximum absolute atomic E-state index is 13.0. The first-order valence-electron chi connectivity index (χ1n) is 5.85. The minimum absolute atomic E-state index is 0.110. The van der Waals surface area contributed by atoms with Crippen molar-refractivity contribution in [3.05, 3.63) is 12.7 Å². The molecule has 1 aliphatic rings. The smallest absolute Gasteiger partial charge is 0.323 e. The van der Waals surface area contributed by atoms with Gasteiger partial charge in [-0.2, -0.15) is 0 Å². The van der Waals surface area contributed by atoms with Gasteiger partial charge in [-0.15, -0.1) is 6.58 Å². The summed E-state index contributed by atoms with van der Waals surface area (Å²) in [5.41, 5.74) is 0. The van der Waals surface area contributed by atoms with Crippen LogP contribution in [0, 0.1) is 5.92 Å². The topological polar surface area (TPSA) is 57.6 Å². The molecule has 0 aromatic rings. The lowest BCUT2D eigenvalue weighted by Crippen LogP contribution is -2.42. The summed E-state index contributed by atoms with van der Waals surface area (Å²) in [4.78, 5) is 23.8. The van der Waals surface area contributed by atoms with E-state index in [4.69, 9.17) is 5.11 Å². The molecule has 0 bridgehead atoms. The predicted molar refractivity (Wildman–Crippen MR) is 61.3 cm³/mol. The average molecular weight is 261 g/mol. The standard InChI is InChI=1S/C12H17F2NO3/c1-2-7-15(8-10(16)17)11(18)9-3-5-12(13,14)6-4-9/h2,9H,1,3-8H2,(H,16,17). The van der Waals surface area contributed by atoms with E-state index in [-0.39, 0.29) is 38.1 Å². The third-order valence-corrected chi connectivity index (χ3v) is 3.05. The van der Waals surface area contributed by atoms with Gasteiger partial charge in [0.1, 0.15) is 6.54 Å². The molecule has 6 heteroatoms. The van der Waals surface area contributed by atoms with Gasteiger partial charge in [0, 0.05) is 25.3 Å². The Morgan fingerprint density at radius 1 is 1.39 bits per heavy atom. The Balaban J connectivity index is 2.60. The lowest BCUT2D eigenvalue weighted by molar-refractivity contribution is -0.148. The number of nitrogens with zero attached hydrogens (tertiary/aromatic N) is 1. The molecule has 0 heterocycles. The van der Waals surface area contributed by atoms with Crippen LogP contribution in [-0.2, 0) is 9.59 Å². The molecule has 0 unspecified atom stereocenters. The first-order valence-corrected chi connectivity index (χ1v) is 5.85. The van der Waals surface area contributed by atoms with Gasteiger partial charge >= 0.3 is 5.97 Å². The van der Waals surface area contributed by atoms with Gasteiger partial charge in [-0.3, -0.25) is 9.59 Å². The van der Waals surface area contributed by atoms with Crippen molar-refractivity contribution in [3.63, 3.8) is 0 Å². The molecule has 1 rings (SSSR count). The van der Waals surface area contributed by atoms with Gasteiger partial charge in [0.25, 0.3) is 0 Å². The fraction of sp³-hybridized carbons (Fsp3) is 0.667. The number of hydrogen-bond donors (Lipinski definition) is 1. The molecular formula is C12H17F2NO3. The molecule has 4 nitrogen and oxygen atoms in total. The summed E-state index contributed by atoms with van der Waals surface area (Å²) < 4.78 is 25.9. The molecule has 0 atom stereocenters. The Bertz CT molecular complexity index is 334. The molecule has 0 aliphatic heterocycles. The SMILES string of the molecule is C=CCN(CC(=O)O)C(=O)C1CCC(F)(F)CC1. The first-order chi connectivity index (χ1) is 8.35. The van der Waals surface area contributed by atoms with Crippen LogP contribution >= 0.6 is 0 Å². The van der Waals surface area contributed by atoms with Crippen LogP contribution in [0.3, 0.4) is 0 Å². The Morgan fingerprint density at radius 2 is 1.94 bits per heavy atom. The lowest BCUT2D eigenvalue weighted by atomic mass is 9.86. The molecule has 1 N–H and O–H groups in total. The van der Waals surface area contributed by atoms with Gasteiger partial charge < -0.3 is 10.0 Å². The minimum Gasteiger partial charge on any atom is -0.480 e. The van der Waals surface area contributed by atoms with E-state index < -0.39 is 24.4 Å². The number of rotatable bonds is 5. The largest absolute Gasteiger partial charge is 0.480 e. The summed E-state index contributed by atoms with van der Waals surface area (Å²) in [6, 6.07) is 0. The highest BCUT2D eigenvalue weighted by Gasteiger charge is 2.38. The fourth-order valence-corrected chi connectivity index (χ4v) is 2.10. The predicted octanol–water partition coefficient (Wildman–Crippen LogP) is 1.91. The molecule has 102 valence electrons. The molecule has 1 aliphatic carbocycles. The molecule has 0 saturated heterocycles. The van der Waals surface area contributed by atoms with E-state index in [0.717, 1.165) is 4.90 Å². The number of carbonyl (C=O) groups excluding carboxylic acids is 1. The van der Waals surface area contributed by atoms with Crippen LogP contribution in [0.4, 0.5) is 8.78 Å². The van der Waals surface area contributed by atoms with Crippen LogP contribution in [0.5, 0.6) is 0 Å². The molecule has 0 aromatic heterocycles. The molecule has 1 amide bonds. The van der Waals surface area contributed by atoms with Crippen molar-refractivity contribution in [2.75, 3.05) is 13.1 Å². The van der Waals surface area contributed by atoms with Crippen molar-refractivity contribution in [2.45, 2.75) is 31.6 Å². The number of amides is 1. The summed E-state index contributed by atoms with van der Waals surface area (Å²) in [6.45, 7) is 3.16. The number of carboxylic acid groups (broad SMARTS) is 1. The second-order valence-corrected chi connectivity index (χ2v) is 4.53. The molecule has 18 heavy (non-hydrogen) atoms. The summed E-state index contributed by atoms with van der Waals surface area (Å²) in [6.07, 6.45) is 1.03. The van der Waals surface area contributed by atoms with Gasteiger partial charge in [0.2, 0.25) is 11.8 Å². The Labute approximate surface area is 104 Å².